The third-order valence-corrected chi connectivity index (χ3v) is 2.78. The van der Waals surface area contributed by atoms with Crippen molar-refractivity contribution in [1.82, 2.24) is 14.9 Å². The summed E-state index contributed by atoms with van der Waals surface area (Å²) in [5, 5.41) is 0.921. The zero-order valence-corrected chi connectivity index (χ0v) is 11.6. The highest BCUT2D eigenvalue weighted by Crippen LogP contribution is 2.28. The van der Waals surface area contributed by atoms with Crippen molar-refractivity contribution in [1.29, 1.82) is 0 Å². The summed E-state index contributed by atoms with van der Waals surface area (Å²) in [6, 6.07) is 3.80. The molecule has 0 unspecified atom stereocenters. The molecule has 0 amide bonds. The van der Waals surface area contributed by atoms with Gasteiger partial charge in [-0.1, -0.05) is 0 Å². The van der Waals surface area contributed by atoms with Crippen LogP contribution in [0.3, 0.4) is 0 Å². The van der Waals surface area contributed by atoms with E-state index in [1.807, 2.05) is 12.1 Å². The summed E-state index contributed by atoms with van der Waals surface area (Å²) in [7, 11) is 5.74. The Labute approximate surface area is 113 Å². The van der Waals surface area contributed by atoms with Crippen LogP contribution >= 0.6 is 0 Å². The van der Waals surface area contributed by atoms with Gasteiger partial charge in [0.1, 0.15) is 23.3 Å². The SMILES string of the molecule is COc1cc(OCCCN(C)C)cc2cncnc12. The van der Waals surface area contributed by atoms with Gasteiger partial charge in [-0.2, -0.15) is 0 Å². The predicted octanol–water partition coefficient (Wildman–Crippen LogP) is 1.97. The van der Waals surface area contributed by atoms with Gasteiger partial charge in [0.05, 0.1) is 13.7 Å². The average molecular weight is 261 g/mol. The lowest BCUT2D eigenvalue weighted by atomic mass is 10.2. The molecule has 0 saturated heterocycles. The Kier molecular flexibility index (Phi) is 4.52. The molecule has 0 spiro atoms. The topological polar surface area (TPSA) is 47.5 Å². The lowest BCUT2D eigenvalue weighted by Crippen LogP contribution is -2.15. The van der Waals surface area contributed by atoms with Crippen molar-refractivity contribution < 1.29 is 9.47 Å². The van der Waals surface area contributed by atoms with Crippen LogP contribution in [0.1, 0.15) is 6.42 Å². The Morgan fingerprint density at radius 2 is 2.11 bits per heavy atom. The van der Waals surface area contributed by atoms with Gasteiger partial charge in [-0.15, -0.1) is 0 Å². The van der Waals surface area contributed by atoms with Gasteiger partial charge in [0.25, 0.3) is 0 Å². The molecule has 5 heteroatoms. The molecule has 1 aromatic carbocycles. The van der Waals surface area contributed by atoms with E-state index in [0.29, 0.717) is 12.4 Å². The molecule has 0 fully saturated rings. The zero-order valence-electron chi connectivity index (χ0n) is 11.6. The third-order valence-electron chi connectivity index (χ3n) is 2.78. The van der Waals surface area contributed by atoms with Crippen LogP contribution in [0.25, 0.3) is 10.9 Å². The summed E-state index contributed by atoms with van der Waals surface area (Å²) in [5.74, 6) is 1.50. The lowest BCUT2D eigenvalue weighted by Gasteiger charge is -2.12. The van der Waals surface area contributed by atoms with Crippen LogP contribution in [-0.2, 0) is 0 Å². The summed E-state index contributed by atoms with van der Waals surface area (Å²) < 4.78 is 11.1. The fourth-order valence-electron chi connectivity index (χ4n) is 1.85. The lowest BCUT2D eigenvalue weighted by molar-refractivity contribution is 0.280. The van der Waals surface area contributed by atoms with Gasteiger partial charge in [-0.05, 0) is 26.6 Å². The van der Waals surface area contributed by atoms with Crippen molar-refractivity contribution >= 4 is 10.9 Å². The van der Waals surface area contributed by atoms with E-state index < -0.39 is 0 Å². The van der Waals surface area contributed by atoms with Crippen molar-refractivity contribution in [3.63, 3.8) is 0 Å². The first-order valence-electron chi connectivity index (χ1n) is 6.26. The van der Waals surface area contributed by atoms with E-state index in [0.717, 1.165) is 29.6 Å². The maximum absolute atomic E-state index is 5.74. The first-order chi connectivity index (χ1) is 9.20. The molecule has 0 aliphatic heterocycles. The van der Waals surface area contributed by atoms with Crippen LogP contribution in [0.15, 0.2) is 24.7 Å². The van der Waals surface area contributed by atoms with E-state index in [1.54, 1.807) is 13.3 Å². The first kappa shape index (κ1) is 13.5. The van der Waals surface area contributed by atoms with Crippen molar-refractivity contribution in [2.24, 2.45) is 0 Å². The Morgan fingerprint density at radius 1 is 1.26 bits per heavy atom. The van der Waals surface area contributed by atoms with E-state index in [4.69, 9.17) is 9.47 Å². The molecule has 0 aliphatic carbocycles. The summed E-state index contributed by atoms with van der Waals surface area (Å²) >= 11 is 0. The van der Waals surface area contributed by atoms with Gasteiger partial charge in [-0.3, -0.25) is 0 Å². The van der Waals surface area contributed by atoms with E-state index in [1.165, 1.54) is 6.33 Å². The number of hydrogen-bond donors (Lipinski definition) is 0. The second kappa shape index (κ2) is 6.33. The van der Waals surface area contributed by atoms with Gasteiger partial charge in [-0.25, -0.2) is 9.97 Å². The van der Waals surface area contributed by atoms with Crippen LogP contribution in [0.5, 0.6) is 11.5 Å². The molecule has 0 N–H and O–H groups in total. The minimum Gasteiger partial charge on any atom is -0.494 e. The van der Waals surface area contributed by atoms with Gasteiger partial charge in [0.2, 0.25) is 0 Å². The average Bonchev–Trinajstić information content (AvgIpc) is 2.42. The van der Waals surface area contributed by atoms with Crippen LogP contribution in [0, 0.1) is 0 Å². The number of fused-ring (bicyclic) bond motifs is 1. The second-order valence-corrected chi connectivity index (χ2v) is 4.59. The van der Waals surface area contributed by atoms with Gasteiger partial charge < -0.3 is 14.4 Å². The second-order valence-electron chi connectivity index (χ2n) is 4.59. The smallest absolute Gasteiger partial charge is 0.148 e. The summed E-state index contributed by atoms with van der Waals surface area (Å²) in [6.07, 6.45) is 4.26. The minimum absolute atomic E-state index is 0.681. The number of rotatable bonds is 6. The fourth-order valence-corrected chi connectivity index (χ4v) is 1.85. The van der Waals surface area contributed by atoms with Crippen LogP contribution in [0.2, 0.25) is 0 Å². The maximum Gasteiger partial charge on any atom is 0.148 e. The van der Waals surface area contributed by atoms with Crippen LogP contribution < -0.4 is 9.47 Å². The fraction of sp³-hybridized carbons (Fsp3) is 0.429. The Morgan fingerprint density at radius 3 is 2.84 bits per heavy atom. The van der Waals surface area contributed by atoms with Crippen LogP contribution in [-0.4, -0.2) is 49.2 Å². The number of benzene rings is 1. The standard InChI is InChI=1S/C14H19N3O2/c1-17(2)5-4-6-19-12-7-11-9-15-10-16-14(11)13(8-12)18-3/h7-10H,4-6H2,1-3H3. The predicted molar refractivity (Wildman–Crippen MR) is 74.8 cm³/mol. The molecular weight excluding hydrogens is 242 g/mol. The van der Waals surface area contributed by atoms with Gasteiger partial charge in [0, 0.05) is 24.2 Å². The first-order valence-corrected chi connectivity index (χ1v) is 6.26. The van der Waals surface area contributed by atoms with E-state index in [2.05, 4.69) is 29.0 Å². The Hall–Kier alpha value is -1.88. The molecule has 2 rings (SSSR count). The number of aromatic nitrogens is 2. The highest BCUT2D eigenvalue weighted by Gasteiger charge is 2.06. The number of hydrogen-bond acceptors (Lipinski definition) is 5. The molecule has 19 heavy (non-hydrogen) atoms. The molecule has 0 bridgehead atoms. The van der Waals surface area contributed by atoms with Gasteiger partial charge >= 0.3 is 0 Å². The summed E-state index contributed by atoms with van der Waals surface area (Å²) in [4.78, 5) is 10.4. The molecule has 0 aliphatic rings. The largest absolute Gasteiger partial charge is 0.494 e. The van der Waals surface area contributed by atoms with Crippen molar-refractivity contribution in [2.75, 3.05) is 34.4 Å². The zero-order chi connectivity index (χ0) is 13.7. The highest BCUT2D eigenvalue weighted by atomic mass is 16.5. The number of nitrogens with zero attached hydrogens (tertiary/aromatic N) is 3. The molecular formula is C14H19N3O2. The summed E-state index contributed by atoms with van der Waals surface area (Å²) in [5.41, 5.74) is 0.804. The molecule has 5 nitrogen and oxygen atoms in total. The minimum atomic E-state index is 0.681. The van der Waals surface area contributed by atoms with Crippen molar-refractivity contribution in [2.45, 2.75) is 6.42 Å². The molecule has 102 valence electrons. The summed E-state index contributed by atoms with van der Waals surface area (Å²) in [6.45, 7) is 1.69. The molecule has 1 aromatic heterocycles. The quantitative estimate of drug-likeness (QED) is 0.744. The molecule has 2 aromatic rings. The molecule has 1 heterocycles. The number of ether oxygens (including phenoxy) is 2. The Bertz CT molecular complexity index is 543. The van der Waals surface area contributed by atoms with Crippen molar-refractivity contribution in [3.05, 3.63) is 24.7 Å². The van der Waals surface area contributed by atoms with E-state index in [9.17, 15) is 0 Å². The molecule has 0 saturated carbocycles. The highest BCUT2D eigenvalue weighted by molar-refractivity contribution is 5.85. The Balaban J connectivity index is 2.11. The van der Waals surface area contributed by atoms with Gasteiger partial charge in [0.15, 0.2) is 0 Å². The third kappa shape index (κ3) is 3.54. The van der Waals surface area contributed by atoms with E-state index in [-0.39, 0.29) is 0 Å². The maximum atomic E-state index is 5.74. The van der Waals surface area contributed by atoms with E-state index >= 15 is 0 Å². The van der Waals surface area contributed by atoms with Crippen LogP contribution in [0.4, 0.5) is 0 Å². The monoisotopic (exact) mass is 261 g/mol. The number of methoxy groups -OCH3 is 1. The molecule has 0 atom stereocenters. The molecule has 0 radical (unpaired) electrons. The normalized spacial score (nSPS) is 10.9. The van der Waals surface area contributed by atoms with Crippen molar-refractivity contribution in [3.8, 4) is 11.5 Å².